The maximum Gasteiger partial charge on any atom is 0.251 e. The molecule has 0 saturated heterocycles. The molecule has 2 aromatic heterocycles. The predicted molar refractivity (Wildman–Crippen MR) is 79.4 cm³/mol. The Morgan fingerprint density at radius 2 is 2.37 bits per heavy atom. The minimum atomic E-state index is -0.115. The van der Waals surface area contributed by atoms with E-state index in [0.29, 0.717) is 11.7 Å². The summed E-state index contributed by atoms with van der Waals surface area (Å²) in [5.74, 6) is 6.60. The number of rotatable bonds is 3. The SMILES string of the molecule is Cc1cc(=O)[nH]c(SCc2ccc(C#CCN)s2)n1. The monoisotopic (exact) mass is 291 g/mol. The zero-order valence-electron chi connectivity index (χ0n) is 10.4. The van der Waals surface area contributed by atoms with Gasteiger partial charge in [0.05, 0.1) is 11.4 Å². The fourth-order valence-corrected chi connectivity index (χ4v) is 3.27. The van der Waals surface area contributed by atoms with Crippen LogP contribution in [0.4, 0.5) is 0 Å². The van der Waals surface area contributed by atoms with Crippen LogP contribution in [0.3, 0.4) is 0 Å². The second kappa shape index (κ2) is 6.57. The number of thioether (sulfide) groups is 1. The highest BCUT2D eigenvalue weighted by Gasteiger charge is 2.02. The maximum atomic E-state index is 11.3. The van der Waals surface area contributed by atoms with E-state index in [9.17, 15) is 4.79 Å². The van der Waals surface area contributed by atoms with Crippen LogP contribution in [0.25, 0.3) is 0 Å². The van der Waals surface area contributed by atoms with E-state index in [2.05, 4.69) is 21.8 Å². The van der Waals surface area contributed by atoms with Gasteiger partial charge in [0.25, 0.3) is 5.56 Å². The van der Waals surface area contributed by atoms with Crippen LogP contribution in [0.15, 0.2) is 28.2 Å². The van der Waals surface area contributed by atoms with Gasteiger partial charge in [0.1, 0.15) is 0 Å². The van der Waals surface area contributed by atoms with Crippen molar-refractivity contribution in [2.24, 2.45) is 5.73 Å². The lowest BCUT2D eigenvalue weighted by atomic mass is 10.4. The number of hydrogen-bond donors (Lipinski definition) is 2. The average molecular weight is 291 g/mol. The highest BCUT2D eigenvalue weighted by atomic mass is 32.2. The zero-order chi connectivity index (χ0) is 13.7. The number of nitrogens with one attached hydrogen (secondary N) is 1. The molecule has 3 N–H and O–H groups in total. The Kier molecular flexibility index (Phi) is 4.80. The Labute approximate surface area is 119 Å². The maximum absolute atomic E-state index is 11.3. The Hall–Kier alpha value is -1.55. The highest BCUT2D eigenvalue weighted by Crippen LogP contribution is 2.24. The molecule has 98 valence electrons. The predicted octanol–water partition coefficient (Wildman–Crippen LogP) is 1.74. The van der Waals surface area contributed by atoms with Gasteiger partial charge in [-0.05, 0) is 19.1 Å². The fourth-order valence-electron chi connectivity index (χ4n) is 1.42. The van der Waals surface area contributed by atoms with Crippen LogP contribution in [0.2, 0.25) is 0 Å². The number of aromatic nitrogens is 2. The van der Waals surface area contributed by atoms with Gasteiger partial charge < -0.3 is 10.7 Å². The number of nitrogens with two attached hydrogens (primary N) is 1. The van der Waals surface area contributed by atoms with Crippen molar-refractivity contribution in [3.63, 3.8) is 0 Å². The third kappa shape index (κ3) is 4.24. The van der Waals surface area contributed by atoms with Crippen LogP contribution in [0, 0.1) is 18.8 Å². The molecule has 0 atom stereocenters. The number of hydrogen-bond acceptors (Lipinski definition) is 5. The minimum Gasteiger partial charge on any atom is -0.320 e. The normalized spacial score (nSPS) is 10.0. The van der Waals surface area contributed by atoms with Gasteiger partial charge in [-0.3, -0.25) is 4.79 Å². The summed E-state index contributed by atoms with van der Waals surface area (Å²) >= 11 is 3.14. The molecule has 0 aliphatic carbocycles. The molecule has 0 aromatic carbocycles. The molecule has 2 aromatic rings. The second-order valence-electron chi connectivity index (χ2n) is 3.75. The highest BCUT2D eigenvalue weighted by molar-refractivity contribution is 7.98. The van der Waals surface area contributed by atoms with Crippen molar-refractivity contribution < 1.29 is 0 Å². The quantitative estimate of drug-likeness (QED) is 0.513. The molecule has 0 spiro atoms. The van der Waals surface area contributed by atoms with Crippen molar-refractivity contribution in [3.05, 3.63) is 44.0 Å². The third-order valence-electron chi connectivity index (χ3n) is 2.17. The van der Waals surface area contributed by atoms with Crippen molar-refractivity contribution in [2.75, 3.05) is 6.54 Å². The molecule has 0 aliphatic heterocycles. The first-order valence-electron chi connectivity index (χ1n) is 5.66. The Morgan fingerprint density at radius 3 is 3.11 bits per heavy atom. The third-order valence-corrected chi connectivity index (χ3v) is 4.28. The summed E-state index contributed by atoms with van der Waals surface area (Å²) in [6, 6.07) is 5.50. The van der Waals surface area contributed by atoms with Crippen molar-refractivity contribution in [1.29, 1.82) is 0 Å². The first-order chi connectivity index (χ1) is 9.17. The molecule has 19 heavy (non-hydrogen) atoms. The lowest BCUT2D eigenvalue weighted by Gasteiger charge is -1.99. The topological polar surface area (TPSA) is 71.8 Å². The number of aromatic amines is 1. The van der Waals surface area contributed by atoms with Gasteiger partial charge in [-0.1, -0.05) is 23.6 Å². The van der Waals surface area contributed by atoms with Crippen LogP contribution < -0.4 is 11.3 Å². The van der Waals surface area contributed by atoms with E-state index in [4.69, 9.17) is 5.73 Å². The van der Waals surface area contributed by atoms with Crippen LogP contribution in [-0.4, -0.2) is 16.5 Å². The summed E-state index contributed by atoms with van der Waals surface area (Å²) < 4.78 is 0. The molecule has 4 nitrogen and oxygen atoms in total. The zero-order valence-corrected chi connectivity index (χ0v) is 12.0. The standard InChI is InChI=1S/C13H13N3OS2/c1-9-7-12(17)16-13(15-9)18-8-11-5-4-10(19-11)3-2-6-14/h4-5,7H,6,8,14H2,1H3,(H,15,16,17). The van der Waals surface area contributed by atoms with Crippen LogP contribution in [0.1, 0.15) is 15.4 Å². The van der Waals surface area contributed by atoms with E-state index < -0.39 is 0 Å². The van der Waals surface area contributed by atoms with Gasteiger partial charge >= 0.3 is 0 Å². The molecule has 0 aliphatic rings. The summed E-state index contributed by atoms with van der Waals surface area (Å²) in [5.41, 5.74) is 5.94. The molecule has 0 bridgehead atoms. The van der Waals surface area contributed by atoms with Gasteiger partial charge in [-0.25, -0.2) is 4.98 Å². The number of H-pyrrole nitrogens is 1. The van der Waals surface area contributed by atoms with Crippen molar-refractivity contribution in [1.82, 2.24) is 9.97 Å². The van der Waals surface area contributed by atoms with Crippen LogP contribution >= 0.6 is 23.1 Å². The van der Waals surface area contributed by atoms with E-state index in [1.807, 2.05) is 19.1 Å². The first kappa shape index (κ1) is 13.9. The first-order valence-corrected chi connectivity index (χ1v) is 7.46. The summed E-state index contributed by atoms with van der Waals surface area (Å²) in [5, 5.41) is 0.646. The van der Waals surface area contributed by atoms with Crippen molar-refractivity contribution in [2.45, 2.75) is 17.8 Å². The molecule has 0 unspecified atom stereocenters. The summed E-state index contributed by atoms with van der Waals surface area (Å²) in [7, 11) is 0. The van der Waals surface area contributed by atoms with Crippen molar-refractivity contribution in [3.8, 4) is 11.8 Å². The van der Waals surface area contributed by atoms with Gasteiger partial charge in [-0.2, -0.15) is 0 Å². The summed E-state index contributed by atoms with van der Waals surface area (Å²) in [6.07, 6.45) is 0. The van der Waals surface area contributed by atoms with Crippen molar-refractivity contribution >= 4 is 23.1 Å². The number of nitrogens with zero attached hydrogens (tertiary/aromatic N) is 1. The molecule has 2 heterocycles. The fraction of sp³-hybridized carbons (Fsp3) is 0.231. The van der Waals surface area contributed by atoms with E-state index in [-0.39, 0.29) is 5.56 Å². The number of thiophene rings is 1. The smallest absolute Gasteiger partial charge is 0.251 e. The molecule has 0 radical (unpaired) electrons. The molecule has 0 saturated carbocycles. The molecular weight excluding hydrogens is 278 g/mol. The summed E-state index contributed by atoms with van der Waals surface area (Å²) in [4.78, 5) is 20.5. The average Bonchev–Trinajstić information content (AvgIpc) is 2.81. The van der Waals surface area contributed by atoms with E-state index in [1.54, 1.807) is 11.3 Å². The summed E-state index contributed by atoms with van der Waals surface area (Å²) in [6.45, 7) is 2.18. The lowest BCUT2D eigenvalue weighted by Crippen LogP contribution is -2.07. The van der Waals surface area contributed by atoms with E-state index >= 15 is 0 Å². The molecule has 6 heteroatoms. The van der Waals surface area contributed by atoms with Gasteiger partial charge in [0.2, 0.25) is 0 Å². The molecule has 0 fully saturated rings. The second-order valence-corrected chi connectivity index (χ2v) is 5.88. The minimum absolute atomic E-state index is 0.115. The molecular formula is C13H13N3OS2. The Bertz CT molecular complexity index is 679. The molecule has 2 rings (SSSR count). The van der Waals surface area contributed by atoms with Crippen LogP contribution in [-0.2, 0) is 5.75 Å². The molecule has 0 amide bonds. The van der Waals surface area contributed by atoms with E-state index in [0.717, 1.165) is 16.3 Å². The van der Waals surface area contributed by atoms with E-state index in [1.165, 1.54) is 22.7 Å². The van der Waals surface area contributed by atoms with Gasteiger partial charge in [0, 0.05) is 22.4 Å². The Balaban J connectivity index is 2.02. The largest absolute Gasteiger partial charge is 0.320 e. The van der Waals surface area contributed by atoms with Gasteiger partial charge in [-0.15, -0.1) is 11.3 Å². The van der Waals surface area contributed by atoms with Crippen LogP contribution in [0.5, 0.6) is 0 Å². The van der Waals surface area contributed by atoms with Gasteiger partial charge in [0.15, 0.2) is 5.16 Å². The number of aryl methyl sites for hydroxylation is 1. The Morgan fingerprint density at radius 1 is 1.53 bits per heavy atom. The lowest BCUT2D eigenvalue weighted by molar-refractivity contribution is 0.905.